The van der Waals surface area contributed by atoms with Crippen molar-refractivity contribution < 1.29 is 24.5 Å². The monoisotopic (exact) mass is 462 g/mol. The summed E-state index contributed by atoms with van der Waals surface area (Å²) in [4.78, 5) is 29.9. The molecule has 7 nitrogen and oxygen atoms in total. The number of benzene rings is 2. The van der Waals surface area contributed by atoms with Gasteiger partial charge in [-0.25, -0.2) is 9.79 Å². The molecule has 1 aliphatic rings. The lowest BCUT2D eigenvalue weighted by Gasteiger charge is -2.07. The first kappa shape index (κ1) is 20.0. The van der Waals surface area contributed by atoms with E-state index in [-0.39, 0.29) is 17.2 Å². The van der Waals surface area contributed by atoms with Gasteiger partial charge in [0.15, 0.2) is 16.7 Å². The summed E-state index contributed by atoms with van der Waals surface area (Å²) < 4.78 is 5.72. The average molecular weight is 463 g/mol. The molecule has 28 heavy (non-hydrogen) atoms. The number of carbonyl (C=O) groups is 2. The number of carboxylic acids is 1. The van der Waals surface area contributed by atoms with Crippen LogP contribution in [0.3, 0.4) is 0 Å². The van der Waals surface area contributed by atoms with Crippen molar-refractivity contribution in [3.05, 3.63) is 56.9 Å². The molecule has 144 valence electrons. The Labute approximate surface area is 173 Å². The second kappa shape index (κ2) is 8.07. The first-order valence-electron chi connectivity index (χ1n) is 7.96. The highest BCUT2D eigenvalue weighted by Crippen LogP contribution is 2.37. The Morgan fingerprint density at radius 1 is 1.32 bits per heavy atom. The second-order valence-electron chi connectivity index (χ2n) is 5.77. The fourth-order valence-electron chi connectivity index (χ4n) is 2.44. The number of amides is 1. The SMILES string of the molecule is COc1cc(C=C2SC(=Nc3cccc(C(=O)O)c3)N(C)C2=O)c(Br)cc1O. The molecule has 2 aromatic carbocycles. The summed E-state index contributed by atoms with van der Waals surface area (Å²) in [5.74, 6) is -1.01. The predicted octanol–water partition coefficient (Wildman–Crippen LogP) is 4.10. The van der Waals surface area contributed by atoms with Gasteiger partial charge in [0.05, 0.1) is 23.3 Å². The van der Waals surface area contributed by atoms with Gasteiger partial charge >= 0.3 is 5.97 Å². The number of nitrogens with zero attached hydrogens (tertiary/aromatic N) is 2. The number of thioether (sulfide) groups is 1. The van der Waals surface area contributed by atoms with Crippen LogP contribution < -0.4 is 4.74 Å². The van der Waals surface area contributed by atoms with Crippen LogP contribution in [-0.4, -0.2) is 46.3 Å². The third kappa shape index (κ3) is 4.05. The van der Waals surface area contributed by atoms with E-state index in [1.54, 1.807) is 31.3 Å². The number of aromatic hydroxyl groups is 1. The normalized spacial score (nSPS) is 16.8. The molecule has 0 aromatic heterocycles. The van der Waals surface area contributed by atoms with E-state index in [2.05, 4.69) is 20.9 Å². The Balaban J connectivity index is 1.95. The number of ether oxygens (including phenoxy) is 1. The number of amidine groups is 1. The second-order valence-corrected chi connectivity index (χ2v) is 7.63. The first-order valence-corrected chi connectivity index (χ1v) is 9.57. The largest absolute Gasteiger partial charge is 0.504 e. The Bertz CT molecular complexity index is 1030. The summed E-state index contributed by atoms with van der Waals surface area (Å²) in [7, 11) is 3.04. The summed E-state index contributed by atoms with van der Waals surface area (Å²) in [6.07, 6.45) is 1.67. The maximum atomic E-state index is 12.6. The number of methoxy groups -OCH3 is 1. The van der Waals surface area contributed by atoms with Crippen molar-refractivity contribution in [1.29, 1.82) is 0 Å². The van der Waals surface area contributed by atoms with Gasteiger partial charge in [-0.15, -0.1) is 0 Å². The Morgan fingerprint density at radius 2 is 2.07 bits per heavy atom. The van der Waals surface area contributed by atoms with Crippen molar-refractivity contribution in [2.45, 2.75) is 0 Å². The van der Waals surface area contributed by atoms with Gasteiger partial charge in [-0.2, -0.15) is 0 Å². The quantitative estimate of drug-likeness (QED) is 0.663. The smallest absolute Gasteiger partial charge is 0.335 e. The number of carboxylic acid groups (broad SMARTS) is 1. The maximum absolute atomic E-state index is 12.6. The first-order chi connectivity index (χ1) is 13.3. The molecule has 2 aromatic rings. The number of aromatic carboxylic acids is 1. The molecule has 0 saturated carbocycles. The molecule has 1 amide bonds. The van der Waals surface area contributed by atoms with Gasteiger partial charge in [-0.3, -0.25) is 9.69 Å². The molecule has 0 unspecified atom stereocenters. The van der Waals surface area contributed by atoms with Crippen molar-refractivity contribution in [3.63, 3.8) is 0 Å². The number of halogens is 1. The molecule has 3 rings (SSSR count). The van der Waals surface area contributed by atoms with Gasteiger partial charge in [0.2, 0.25) is 0 Å². The van der Waals surface area contributed by atoms with Crippen LogP contribution in [0.25, 0.3) is 6.08 Å². The van der Waals surface area contributed by atoms with Crippen LogP contribution in [0.5, 0.6) is 11.5 Å². The van der Waals surface area contributed by atoms with Gasteiger partial charge in [0.1, 0.15) is 0 Å². The van der Waals surface area contributed by atoms with Crippen molar-refractivity contribution in [3.8, 4) is 11.5 Å². The molecule has 1 heterocycles. The highest BCUT2D eigenvalue weighted by molar-refractivity contribution is 9.10. The Morgan fingerprint density at radius 3 is 2.75 bits per heavy atom. The fraction of sp³-hybridized carbons (Fsp3) is 0.105. The van der Waals surface area contributed by atoms with Crippen molar-refractivity contribution in [2.75, 3.05) is 14.2 Å². The average Bonchev–Trinajstić information content (AvgIpc) is 2.92. The molecular weight excluding hydrogens is 448 g/mol. The Hall–Kier alpha value is -2.78. The lowest BCUT2D eigenvalue weighted by Crippen LogP contribution is -2.23. The molecule has 1 fully saturated rings. The van der Waals surface area contributed by atoms with Crippen molar-refractivity contribution in [2.24, 2.45) is 4.99 Å². The van der Waals surface area contributed by atoms with E-state index in [0.717, 1.165) is 0 Å². The zero-order valence-corrected chi connectivity index (χ0v) is 17.2. The van der Waals surface area contributed by atoms with Gasteiger partial charge < -0.3 is 14.9 Å². The third-order valence-corrected chi connectivity index (χ3v) is 5.65. The topological polar surface area (TPSA) is 99.4 Å². The minimum absolute atomic E-state index is 0.0143. The molecule has 0 spiro atoms. The van der Waals surface area contributed by atoms with Crippen LogP contribution in [0.1, 0.15) is 15.9 Å². The van der Waals surface area contributed by atoms with Crippen LogP contribution in [-0.2, 0) is 4.79 Å². The van der Waals surface area contributed by atoms with E-state index in [1.807, 2.05) is 0 Å². The summed E-state index contributed by atoms with van der Waals surface area (Å²) in [5, 5.41) is 19.4. The Kier molecular flexibility index (Phi) is 5.76. The molecule has 0 radical (unpaired) electrons. The van der Waals surface area contributed by atoms with Gasteiger partial charge in [0, 0.05) is 11.5 Å². The lowest BCUT2D eigenvalue weighted by atomic mass is 10.2. The van der Waals surface area contributed by atoms with Crippen LogP contribution in [0.15, 0.2) is 50.8 Å². The highest BCUT2D eigenvalue weighted by atomic mass is 79.9. The minimum Gasteiger partial charge on any atom is -0.504 e. The van der Waals surface area contributed by atoms with Crippen LogP contribution >= 0.6 is 27.7 Å². The molecule has 0 atom stereocenters. The van der Waals surface area contributed by atoms with Crippen molar-refractivity contribution >= 4 is 56.5 Å². The number of aliphatic imine (C=N–C) groups is 1. The lowest BCUT2D eigenvalue weighted by molar-refractivity contribution is -0.121. The number of phenolic OH excluding ortho intramolecular Hbond substituents is 1. The standard InChI is InChI=1S/C19H15BrN2O5S/c1-22-17(24)16(8-11-7-15(27-2)14(23)9-13(11)20)28-19(22)21-12-5-3-4-10(6-12)18(25)26/h3-9,23H,1-2H3,(H,25,26). The van der Waals surface area contributed by atoms with Crippen LogP contribution in [0, 0.1) is 0 Å². The number of likely N-dealkylation sites (N-methyl/N-ethyl adjacent to an activating group) is 1. The number of hydrogen-bond acceptors (Lipinski definition) is 6. The fourth-order valence-corrected chi connectivity index (χ4v) is 3.87. The van der Waals surface area contributed by atoms with E-state index in [4.69, 9.17) is 9.84 Å². The molecular formula is C19H15BrN2O5S. The van der Waals surface area contributed by atoms with Crippen molar-refractivity contribution in [1.82, 2.24) is 4.90 Å². The third-order valence-electron chi connectivity index (χ3n) is 3.91. The summed E-state index contributed by atoms with van der Waals surface area (Å²) >= 11 is 4.54. The maximum Gasteiger partial charge on any atom is 0.335 e. The highest BCUT2D eigenvalue weighted by Gasteiger charge is 2.30. The molecule has 0 aliphatic carbocycles. The molecule has 1 saturated heterocycles. The van der Waals surface area contributed by atoms with E-state index in [9.17, 15) is 14.7 Å². The van der Waals surface area contributed by atoms with Gasteiger partial charge in [-0.05, 0) is 53.7 Å². The number of hydrogen-bond donors (Lipinski definition) is 2. The number of phenols is 1. The van der Waals surface area contributed by atoms with E-state index in [1.165, 1.54) is 42.0 Å². The summed E-state index contributed by atoms with van der Waals surface area (Å²) in [6, 6.07) is 9.29. The van der Waals surface area contributed by atoms with Gasteiger partial charge in [-0.1, -0.05) is 22.0 Å². The van der Waals surface area contributed by atoms with Crippen LogP contribution in [0.4, 0.5) is 5.69 Å². The number of rotatable bonds is 4. The van der Waals surface area contributed by atoms with E-state index >= 15 is 0 Å². The van der Waals surface area contributed by atoms with E-state index < -0.39 is 5.97 Å². The molecule has 2 N–H and O–H groups in total. The summed E-state index contributed by atoms with van der Waals surface area (Å²) in [6.45, 7) is 0. The predicted molar refractivity (Wildman–Crippen MR) is 111 cm³/mol. The number of carbonyl (C=O) groups excluding carboxylic acids is 1. The zero-order valence-electron chi connectivity index (χ0n) is 14.8. The summed E-state index contributed by atoms with van der Waals surface area (Å²) in [5.41, 5.74) is 1.22. The minimum atomic E-state index is -1.04. The van der Waals surface area contributed by atoms with Gasteiger partial charge in [0.25, 0.3) is 5.91 Å². The molecule has 9 heteroatoms. The zero-order chi connectivity index (χ0) is 20.4. The molecule has 1 aliphatic heterocycles. The van der Waals surface area contributed by atoms with E-state index in [0.29, 0.717) is 31.5 Å². The molecule has 0 bridgehead atoms. The van der Waals surface area contributed by atoms with Crippen LogP contribution in [0.2, 0.25) is 0 Å².